The molecule has 4 heteroatoms. The molecule has 0 aromatic rings. The van der Waals surface area contributed by atoms with E-state index >= 15 is 0 Å². The lowest BCUT2D eigenvalue weighted by Gasteiger charge is -2.37. The molecule has 0 aromatic heterocycles. The van der Waals surface area contributed by atoms with Crippen molar-refractivity contribution in [1.29, 1.82) is 0 Å². The molecule has 66 valence electrons. The molecule has 1 aliphatic heterocycles. The zero-order valence-corrected chi connectivity index (χ0v) is 6.64. The molecule has 0 amide bonds. The fourth-order valence-corrected chi connectivity index (χ4v) is 1.26. The molecule has 3 N–H and O–H groups in total. The van der Waals surface area contributed by atoms with E-state index in [1.54, 1.807) is 13.8 Å². The highest BCUT2D eigenvalue weighted by Crippen LogP contribution is 2.19. The molecule has 0 spiro atoms. The molecular formula is C7H14O4. The minimum absolute atomic E-state index is 0.414. The predicted octanol–water partition coefficient (Wildman–Crippen LogP) is -1.12. The standard InChI is InChI=1S/C7H14O4/c1-3-5(8)7(10)6(9)4(2)11-3/h3-10H,1-2H3/t3-,4?,5-,6+,7?/m1/s1. The minimum Gasteiger partial charge on any atom is -0.388 e. The first-order chi connectivity index (χ1) is 5.04. The number of hydrogen-bond donors (Lipinski definition) is 3. The summed E-state index contributed by atoms with van der Waals surface area (Å²) < 4.78 is 5.12. The van der Waals surface area contributed by atoms with Gasteiger partial charge < -0.3 is 20.1 Å². The van der Waals surface area contributed by atoms with Crippen LogP contribution in [0.5, 0.6) is 0 Å². The Morgan fingerprint density at radius 1 is 0.818 bits per heavy atom. The van der Waals surface area contributed by atoms with Crippen LogP contribution in [0.4, 0.5) is 0 Å². The molecule has 11 heavy (non-hydrogen) atoms. The van der Waals surface area contributed by atoms with Crippen molar-refractivity contribution in [3.05, 3.63) is 0 Å². The van der Waals surface area contributed by atoms with Gasteiger partial charge in [0.2, 0.25) is 0 Å². The van der Waals surface area contributed by atoms with Crippen LogP contribution in [-0.2, 0) is 4.74 Å². The molecule has 1 saturated heterocycles. The zero-order valence-electron chi connectivity index (χ0n) is 6.64. The van der Waals surface area contributed by atoms with Gasteiger partial charge in [-0.1, -0.05) is 0 Å². The highest BCUT2D eigenvalue weighted by Gasteiger charge is 2.39. The van der Waals surface area contributed by atoms with Gasteiger partial charge in [0.25, 0.3) is 0 Å². The van der Waals surface area contributed by atoms with E-state index in [1.807, 2.05) is 0 Å². The van der Waals surface area contributed by atoms with Gasteiger partial charge >= 0.3 is 0 Å². The van der Waals surface area contributed by atoms with Crippen LogP contribution in [0.15, 0.2) is 0 Å². The van der Waals surface area contributed by atoms with E-state index in [-0.39, 0.29) is 0 Å². The van der Waals surface area contributed by atoms with Gasteiger partial charge in [0.05, 0.1) is 12.2 Å². The number of ether oxygens (including phenoxy) is 1. The quantitative estimate of drug-likeness (QED) is 0.422. The highest BCUT2D eigenvalue weighted by atomic mass is 16.5. The third-order valence-corrected chi connectivity index (χ3v) is 2.09. The smallest absolute Gasteiger partial charge is 0.111 e. The number of hydrogen-bond acceptors (Lipinski definition) is 4. The molecule has 0 saturated carbocycles. The average Bonchev–Trinajstić information content (AvgIpc) is 1.97. The van der Waals surface area contributed by atoms with Gasteiger partial charge in [0.15, 0.2) is 0 Å². The van der Waals surface area contributed by atoms with Gasteiger partial charge in [0, 0.05) is 0 Å². The molecule has 1 aliphatic rings. The fourth-order valence-electron chi connectivity index (χ4n) is 1.26. The summed E-state index contributed by atoms with van der Waals surface area (Å²) in [6.07, 6.45) is -3.89. The summed E-state index contributed by atoms with van der Waals surface area (Å²) >= 11 is 0. The number of rotatable bonds is 0. The number of aliphatic hydroxyl groups excluding tert-OH is 3. The van der Waals surface area contributed by atoms with Gasteiger partial charge in [-0.2, -0.15) is 0 Å². The summed E-state index contributed by atoms with van der Waals surface area (Å²) in [6.45, 7) is 3.33. The minimum atomic E-state index is -1.09. The van der Waals surface area contributed by atoms with Crippen LogP contribution in [0.3, 0.4) is 0 Å². The molecular weight excluding hydrogens is 148 g/mol. The van der Waals surface area contributed by atoms with Crippen molar-refractivity contribution in [3.8, 4) is 0 Å². The van der Waals surface area contributed by atoms with Crippen molar-refractivity contribution in [1.82, 2.24) is 0 Å². The largest absolute Gasteiger partial charge is 0.388 e. The van der Waals surface area contributed by atoms with Crippen LogP contribution in [0, 0.1) is 0 Å². The Hall–Kier alpha value is -0.160. The molecule has 4 nitrogen and oxygen atoms in total. The third kappa shape index (κ3) is 1.54. The summed E-state index contributed by atoms with van der Waals surface area (Å²) in [6, 6.07) is 0. The molecule has 1 rings (SSSR count). The van der Waals surface area contributed by atoms with Gasteiger partial charge in [0.1, 0.15) is 18.3 Å². The van der Waals surface area contributed by atoms with Crippen molar-refractivity contribution in [3.63, 3.8) is 0 Å². The lowest BCUT2D eigenvalue weighted by Crippen LogP contribution is -2.55. The average molecular weight is 162 g/mol. The van der Waals surface area contributed by atoms with E-state index in [9.17, 15) is 15.3 Å². The maximum absolute atomic E-state index is 9.21. The van der Waals surface area contributed by atoms with E-state index in [2.05, 4.69) is 0 Å². The number of aliphatic hydroxyl groups is 3. The summed E-state index contributed by atoms with van der Waals surface area (Å²) in [5, 5.41) is 27.6. The van der Waals surface area contributed by atoms with Gasteiger partial charge in [-0.25, -0.2) is 0 Å². The lowest BCUT2D eigenvalue weighted by molar-refractivity contribution is -0.211. The summed E-state index contributed by atoms with van der Waals surface area (Å²) in [4.78, 5) is 0. The Bertz CT molecular complexity index is 124. The van der Waals surface area contributed by atoms with E-state index in [1.165, 1.54) is 0 Å². The van der Waals surface area contributed by atoms with E-state index < -0.39 is 30.5 Å². The normalized spacial score (nSPS) is 52.6. The SMILES string of the molecule is CC1O[C@H](C)[C@@H](O)C(O)[C@H]1O. The first-order valence-electron chi connectivity index (χ1n) is 3.73. The van der Waals surface area contributed by atoms with Crippen LogP contribution >= 0.6 is 0 Å². The van der Waals surface area contributed by atoms with Crippen LogP contribution in [0.2, 0.25) is 0 Å². The molecule has 1 heterocycles. The molecule has 1 fully saturated rings. The molecule has 5 atom stereocenters. The predicted molar refractivity (Wildman–Crippen MR) is 38.0 cm³/mol. The second kappa shape index (κ2) is 3.06. The summed E-state index contributed by atoms with van der Waals surface area (Å²) in [7, 11) is 0. The van der Waals surface area contributed by atoms with Crippen molar-refractivity contribution < 1.29 is 20.1 Å². The maximum atomic E-state index is 9.21. The second-order valence-electron chi connectivity index (χ2n) is 3.02. The Labute approximate surface area is 65.4 Å². The lowest BCUT2D eigenvalue weighted by atomic mass is 9.97. The van der Waals surface area contributed by atoms with E-state index in [0.29, 0.717) is 0 Å². The van der Waals surface area contributed by atoms with Crippen LogP contribution < -0.4 is 0 Å². The molecule has 2 unspecified atom stereocenters. The van der Waals surface area contributed by atoms with Crippen molar-refractivity contribution in [2.24, 2.45) is 0 Å². The fraction of sp³-hybridized carbons (Fsp3) is 1.00. The van der Waals surface area contributed by atoms with Crippen molar-refractivity contribution in [2.45, 2.75) is 44.4 Å². The van der Waals surface area contributed by atoms with Gasteiger partial charge in [-0.15, -0.1) is 0 Å². The molecule has 0 radical (unpaired) electrons. The van der Waals surface area contributed by atoms with Crippen molar-refractivity contribution >= 4 is 0 Å². The van der Waals surface area contributed by atoms with Crippen LogP contribution in [0.1, 0.15) is 13.8 Å². The maximum Gasteiger partial charge on any atom is 0.111 e. The Morgan fingerprint density at radius 3 is 1.55 bits per heavy atom. The van der Waals surface area contributed by atoms with Gasteiger partial charge in [-0.3, -0.25) is 0 Å². The summed E-state index contributed by atoms with van der Waals surface area (Å²) in [5.74, 6) is 0. The first-order valence-corrected chi connectivity index (χ1v) is 3.73. The Morgan fingerprint density at radius 2 is 1.18 bits per heavy atom. The molecule has 0 aromatic carbocycles. The first kappa shape index (κ1) is 8.93. The Kier molecular flexibility index (Phi) is 2.49. The highest BCUT2D eigenvalue weighted by molar-refractivity contribution is 4.88. The van der Waals surface area contributed by atoms with Crippen LogP contribution in [0.25, 0.3) is 0 Å². The zero-order chi connectivity index (χ0) is 8.59. The monoisotopic (exact) mass is 162 g/mol. The Balaban J connectivity index is 2.63. The van der Waals surface area contributed by atoms with Crippen LogP contribution in [-0.4, -0.2) is 45.8 Å². The third-order valence-electron chi connectivity index (χ3n) is 2.09. The topological polar surface area (TPSA) is 69.9 Å². The molecule has 0 aliphatic carbocycles. The second-order valence-corrected chi connectivity index (χ2v) is 3.02. The van der Waals surface area contributed by atoms with Gasteiger partial charge in [-0.05, 0) is 13.8 Å². The van der Waals surface area contributed by atoms with E-state index in [0.717, 1.165) is 0 Å². The van der Waals surface area contributed by atoms with E-state index in [4.69, 9.17) is 4.74 Å². The van der Waals surface area contributed by atoms with Crippen molar-refractivity contribution in [2.75, 3.05) is 0 Å². The molecule has 0 bridgehead atoms. The summed E-state index contributed by atoms with van der Waals surface area (Å²) in [5.41, 5.74) is 0.